The lowest BCUT2D eigenvalue weighted by molar-refractivity contribution is -0.122. The molecule has 0 saturated heterocycles. The van der Waals surface area contributed by atoms with Crippen molar-refractivity contribution >= 4 is 5.91 Å². The third kappa shape index (κ3) is 3.26. The van der Waals surface area contributed by atoms with Crippen LogP contribution >= 0.6 is 0 Å². The van der Waals surface area contributed by atoms with Gasteiger partial charge in [-0.15, -0.1) is 0 Å². The van der Waals surface area contributed by atoms with Crippen LogP contribution in [-0.4, -0.2) is 16.9 Å². The van der Waals surface area contributed by atoms with Gasteiger partial charge in [-0.2, -0.15) is 0 Å². The monoisotopic (exact) mass is 255 g/mol. The molecule has 0 spiro atoms. The largest absolute Gasteiger partial charge is 0.392 e. The number of rotatable bonds is 5. The summed E-state index contributed by atoms with van der Waals surface area (Å²) in [4.78, 5) is 11.4. The van der Waals surface area contributed by atoms with Crippen molar-refractivity contribution in [1.29, 1.82) is 0 Å². The molecule has 1 fully saturated rings. The summed E-state index contributed by atoms with van der Waals surface area (Å²) in [7, 11) is 0. The highest BCUT2D eigenvalue weighted by Crippen LogP contribution is 2.50. The van der Waals surface area contributed by atoms with E-state index in [1.54, 1.807) is 18.2 Å². The SMILES string of the molecule is O=C(CC1CC1(F)F)NCc1cccc(CO)c1. The molecule has 1 atom stereocenters. The molecule has 1 aliphatic carbocycles. The molecule has 1 aliphatic rings. The van der Waals surface area contributed by atoms with Gasteiger partial charge in [0.25, 0.3) is 5.92 Å². The Balaban J connectivity index is 1.78. The molecule has 5 heteroatoms. The Morgan fingerprint density at radius 3 is 2.72 bits per heavy atom. The van der Waals surface area contributed by atoms with Gasteiger partial charge >= 0.3 is 0 Å². The second kappa shape index (κ2) is 5.02. The summed E-state index contributed by atoms with van der Waals surface area (Å²) in [6.45, 7) is 0.237. The van der Waals surface area contributed by atoms with Crippen molar-refractivity contribution in [2.75, 3.05) is 0 Å². The summed E-state index contributed by atoms with van der Waals surface area (Å²) in [5.41, 5.74) is 1.60. The number of nitrogens with one attached hydrogen (secondary N) is 1. The number of benzene rings is 1. The summed E-state index contributed by atoms with van der Waals surface area (Å²) >= 11 is 0. The maximum absolute atomic E-state index is 12.6. The van der Waals surface area contributed by atoms with E-state index in [1.807, 2.05) is 6.07 Å². The molecule has 0 bridgehead atoms. The number of carbonyl (C=O) groups excluding carboxylic acids is 1. The first kappa shape index (κ1) is 13.0. The van der Waals surface area contributed by atoms with E-state index in [4.69, 9.17) is 5.11 Å². The van der Waals surface area contributed by atoms with Crippen molar-refractivity contribution in [1.82, 2.24) is 5.32 Å². The molecule has 1 amide bonds. The number of carbonyl (C=O) groups is 1. The van der Waals surface area contributed by atoms with E-state index >= 15 is 0 Å². The smallest absolute Gasteiger partial charge is 0.252 e. The third-order valence-electron chi connectivity index (χ3n) is 3.05. The highest BCUT2D eigenvalue weighted by atomic mass is 19.3. The van der Waals surface area contributed by atoms with Crippen LogP contribution in [0.5, 0.6) is 0 Å². The van der Waals surface area contributed by atoms with Crippen molar-refractivity contribution in [2.45, 2.75) is 31.9 Å². The van der Waals surface area contributed by atoms with Crippen LogP contribution in [0, 0.1) is 5.92 Å². The van der Waals surface area contributed by atoms with Crippen LogP contribution in [0.1, 0.15) is 24.0 Å². The Morgan fingerprint density at radius 2 is 2.11 bits per heavy atom. The fourth-order valence-corrected chi connectivity index (χ4v) is 1.83. The fourth-order valence-electron chi connectivity index (χ4n) is 1.83. The predicted octanol–water partition coefficient (Wildman–Crippen LogP) is 1.84. The first-order valence-electron chi connectivity index (χ1n) is 5.84. The molecule has 2 N–H and O–H groups in total. The first-order chi connectivity index (χ1) is 8.51. The first-order valence-corrected chi connectivity index (χ1v) is 5.84. The van der Waals surface area contributed by atoms with Gasteiger partial charge in [-0.05, 0) is 11.1 Å². The van der Waals surface area contributed by atoms with Gasteiger partial charge in [0.2, 0.25) is 5.91 Å². The fraction of sp³-hybridized carbons (Fsp3) is 0.462. The zero-order valence-corrected chi connectivity index (χ0v) is 9.83. The third-order valence-corrected chi connectivity index (χ3v) is 3.05. The van der Waals surface area contributed by atoms with E-state index in [9.17, 15) is 13.6 Å². The van der Waals surface area contributed by atoms with Crippen LogP contribution in [0.3, 0.4) is 0 Å². The quantitative estimate of drug-likeness (QED) is 0.843. The van der Waals surface area contributed by atoms with Gasteiger partial charge < -0.3 is 10.4 Å². The summed E-state index contributed by atoms with van der Waals surface area (Å²) in [5, 5.41) is 11.6. The van der Waals surface area contributed by atoms with Crippen molar-refractivity contribution in [3.8, 4) is 0 Å². The van der Waals surface area contributed by atoms with Gasteiger partial charge in [-0.1, -0.05) is 24.3 Å². The molecular weight excluding hydrogens is 240 g/mol. The Hall–Kier alpha value is -1.49. The minimum Gasteiger partial charge on any atom is -0.392 e. The zero-order valence-electron chi connectivity index (χ0n) is 9.83. The lowest BCUT2D eigenvalue weighted by atomic mass is 10.1. The average molecular weight is 255 g/mol. The highest BCUT2D eigenvalue weighted by Gasteiger charge is 2.57. The molecular formula is C13H15F2NO2. The van der Waals surface area contributed by atoms with Gasteiger partial charge in [0.1, 0.15) is 0 Å². The summed E-state index contributed by atoms with van der Waals surface area (Å²) in [5.74, 6) is -3.79. The molecule has 1 saturated carbocycles. The number of halogens is 2. The van der Waals surface area contributed by atoms with Gasteiger partial charge in [0.15, 0.2) is 0 Å². The molecule has 0 aliphatic heterocycles. The van der Waals surface area contributed by atoms with Gasteiger partial charge in [0.05, 0.1) is 6.61 Å². The van der Waals surface area contributed by atoms with Crippen LogP contribution in [0.15, 0.2) is 24.3 Å². The number of aliphatic hydroxyl groups excluding tert-OH is 1. The Bertz CT molecular complexity index is 448. The zero-order chi connectivity index (χ0) is 13.2. The second-order valence-corrected chi connectivity index (χ2v) is 4.62. The van der Waals surface area contributed by atoms with Crippen molar-refractivity contribution < 1.29 is 18.7 Å². The van der Waals surface area contributed by atoms with E-state index < -0.39 is 11.8 Å². The lowest BCUT2D eigenvalue weighted by Gasteiger charge is -2.06. The Labute approximate surface area is 104 Å². The van der Waals surface area contributed by atoms with Crippen molar-refractivity contribution in [3.63, 3.8) is 0 Å². The van der Waals surface area contributed by atoms with E-state index in [0.29, 0.717) is 6.54 Å². The maximum atomic E-state index is 12.6. The maximum Gasteiger partial charge on any atom is 0.252 e. The Kier molecular flexibility index (Phi) is 3.61. The number of alkyl halides is 2. The van der Waals surface area contributed by atoms with Crippen LogP contribution in [0.2, 0.25) is 0 Å². The summed E-state index contributed by atoms with van der Waals surface area (Å²) in [6, 6.07) is 7.13. The number of hydrogen-bond acceptors (Lipinski definition) is 2. The lowest BCUT2D eigenvalue weighted by Crippen LogP contribution is -2.23. The molecule has 1 aromatic carbocycles. The minimum absolute atomic E-state index is 0.0594. The second-order valence-electron chi connectivity index (χ2n) is 4.62. The van der Waals surface area contributed by atoms with E-state index in [0.717, 1.165) is 11.1 Å². The molecule has 98 valence electrons. The predicted molar refractivity (Wildman–Crippen MR) is 61.9 cm³/mol. The standard InChI is InChI=1S/C13H15F2NO2/c14-13(15)6-11(13)5-12(18)16-7-9-2-1-3-10(4-9)8-17/h1-4,11,17H,5-8H2,(H,16,18). The summed E-state index contributed by atoms with van der Waals surface area (Å²) < 4.78 is 25.2. The summed E-state index contributed by atoms with van der Waals surface area (Å²) in [6.07, 6.45) is -0.299. The average Bonchev–Trinajstić information content (AvgIpc) is 2.94. The van der Waals surface area contributed by atoms with Crippen molar-refractivity contribution in [2.24, 2.45) is 5.92 Å². The topological polar surface area (TPSA) is 49.3 Å². The van der Waals surface area contributed by atoms with E-state index in [1.165, 1.54) is 0 Å². The van der Waals surface area contributed by atoms with Crippen LogP contribution in [-0.2, 0) is 17.9 Å². The molecule has 3 nitrogen and oxygen atoms in total. The number of aliphatic hydroxyl groups is 1. The van der Waals surface area contributed by atoms with Crippen molar-refractivity contribution in [3.05, 3.63) is 35.4 Å². The highest BCUT2D eigenvalue weighted by molar-refractivity contribution is 5.76. The molecule has 0 aromatic heterocycles. The van der Waals surface area contributed by atoms with Gasteiger partial charge in [-0.3, -0.25) is 4.79 Å². The molecule has 0 radical (unpaired) electrons. The van der Waals surface area contributed by atoms with E-state index in [-0.39, 0.29) is 25.4 Å². The molecule has 18 heavy (non-hydrogen) atoms. The van der Waals surface area contributed by atoms with Crippen LogP contribution in [0.25, 0.3) is 0 Å². The number of hydrogen-bond donors (Lipinski definition) is 2. The van der Waals surface area contributed by atoms with E-state index in [2.05, 4.69) is 5.32 Å². The molecule has 0 heterocycles. The molecule has 1 unspecified atom stereocenters. The normalized spacial score (nSPS) is 20.5. The van der Waals surface area contributed by atoms with Crippen LogP contribution in [0.4, 0.5) is 8.78 Å². The number of amides is 1. The minimum atomic E-state index is -2.64. The van der Waals surface area contributed by atoms with Gasteiger partial charge in [-0.25, -0.2) is 8.78 Å². The molecule has 2 rings (SSSR count). The molecule has 1 aromatic rings. The Morgan fingerprint density at radius 1 is 1.44 bits per heavy atom. The van der Waals surface area contributed by atoms with Gasteiger partial charge in [0, 0.05) is 25.3 Å². The van der Waals surface area contributed by atoms with Crippen LogP contribution < -0.4 is 5.32 Å².